The van der Waals surface area contributed by atoms with E-state index in [9.17, 15) is 13.2 Å². The second-order valence-corrected chi connectivity index (χ2v) is 5.55. The van der Waals surface area contributed by atoms with Crippen LogP contribution in [-0.2, 0) is 14.9 Å². The van der Waals surface area contributed by atoms with Crippen LogP contribution in [0.2, 0.25) is 0 Å². The van der Waals surface area contributed by atoms with Crippen molar-refractivity contribution >= 4 is 16.3 Å². The summed E-state index contributed by atoms with van der Waals surface area (Å²) in [7, 11) is -3.87. The number of carbonyl (C=O) groups excluding carboxylic acids is 1. The van der Waals surface area contributed by atoms with Gasteiger partial charge in [-0.05, 0) is 19.8 Å². The third kappa shape index (κ3) is 5.33. The lowest BCUT2D eigenvalue weighted by atomic mass is 10.3. The molecule has 0 unspecified atom stereocenters. The van der Waals surface area contributed by atoms with E-state index in [4.69, 9.17) is 5.11 Å². The maximum Gasteiger partial charge on any atom is 0.422 e. The Morgan fingerprint density at radius 1 is 1.47 bits per heavy atom. The van der Waals surface area contributed by atoms with E-state index in [1.807, 2.05) is 0 Å². The standard InChI is InChI=1S/C9H18N2O5S/c1-7(6-12)16-9(13)11-17(14,15)10-8-4-2-3-5-8/h7-8,10,12H,2-6H2,1H3,(H,11,13)/t7-/m0/s1. The molecule has 1 saturated carbocycles. The van der Waals surface area contributed by atoms with E-state index in [-0.39, 0.29) is 12.6 Å². The number of ether oxygens (including phenoxy) is 1. The van der Waals surface area contributed by atoms with Crippen molar-refractivity contribution in [1.82, 2.24) is 9.44 Å². The van der Waals surface area contributed by atoms with Crippen molar-refractivity contribution in [2.24, 2.45) is 0 Å². The lowest BCUT2D eigenvalue weighted by molar-refractivity contribution is 0.0718. The van der Waals surface area contributed by atoms with Crippen LogP contribution in [0.25, 0.3) is 0 Å². The Labute approximate surface area is 101 Å². The zero-order valence-corrected chi connectivity index (χ0v) is 10.5. The number of rotatable bonds is 5. The minimum absolute atomic E-state index is 0.115. The first kappa shape index (κ1) is 14.2. The van der Waals surface area contributed by atoms with Gasteiger partial charge in [0.2, 0.25) is 0 Å². The Bertz CT molecular complexity index is 350. The van der Waals surface area contributed by atoms with Gasteiger partial charge in [0.15, 0.2) is 0 Å². The van der Waals surface area contributed by atoms with Crippen LogP contribution in [0.4, 0.5) is 4.79 Å². The highest BCUT2D eigenvalue weighted by Crippen LogP contribution is 2.17. The van der Waals surface area contributed by atoms with E-state index < -0.39 is 22.4 Å². The summed E-state index contributed by atoms with van der Waals surface area (Å²) in [5, 5.41) is 8.64. The van der Waals surface area contributed by atoms with Crippen LogP contribution in [0.1, 0.15) is 32.6 Å². The maximum absolute atomic E-state index is 11.5. The summed E-state index contributed by atoms with van der Waals surface area (Å²) in [5.41, 5.74) is 0. The molecule has 17 heavy (non-hydrogen) atoms. The van der Waals surface area contributed by atoms with Crippen LogP contribution in [0.3, 0.4) is 0 Å². The number of amides is 1. The number of nitrogens with one attached hydrogen (secondary N) is 2. The lowest BCUT2D eigenvalue weighted by Gasteiger charge is -2.14. The molecule has 3 N–H and O–H groups in total. The van der Waals surface area contributed by atoms with Crippen LogP contribution in [0.15, 0.2) is 0 Å². The quantitative estimate of drug-likeness (QED) is 0.643. The number of carbonyl (C=O) groups is 1. The van der Waals surface area contributed by atoms with Gasteiger partial charge in [-0.1, -0.05) is 12.8 Å². The van der Waals surface area contributed by atoms with Crippen LogP contribution < -0.4 is 9.44 Å². The molecule has 0 heterocycles. The van der Waals surface area contributed by atoms with Crippen LogP contribution in [0.5, 0.6) is 0 Å². The summed E-state index contributed by atoms with van der Waals surface area (Å²) in [5.74, 6) is 0. The van der Waals surface area contributed by atoms with Gasteiger partial charge >= 0.3 is 16.3 Å². The molecule has 1 aliphatic rings. The summed E-state index contributed by atoms with van der Waals surface area (Å²) in [4.78, 5) is 11.1. The molecule has 0 aromatic heterocycles. The number of hydrogen-bond acceptors (Lipinski definition) is 5. The molecular weight excluding hydrogens is 248 g/mol. The fourth-order valence-corrected chi connectivity index (χ4v) is 2.65. The number of aliphatic hydroxyl groups excluding tert-OH is 1. The first-order valence-electron chi connectivity index (χ1n) is 5.54. The Morgan fingerprint density at radius 2 is 2.06 bits per heavy atom. The van der Waals surface area contributed by atoms with E-state index in [2.05, 4.69) is 9.46 Å². The van der Waals surface area contributed by atoms with Gasteiger partial charge in [-0.25, -0.2) is 9.52 Å². The van der Waals surface area contributed by atoms with E-state index in [0.717, 1.165) is 25.7 Å². The van der Waals surface area contributed by atoms with Crippen molar-refractivity contribution in [3.63, 3.8) is 0 Å². The van der Waals surface area contributed by atoms with E-state index in [1.54, 1.807) is 4.72 Å². The molecule has 100 valence electrons. The van der Waals surface area contributed by atoms with E-state index >= 15 is 0 Å². The predicted molar refractivity (Wildman–Crippen MR) is 60.5 cm³/mol. The minimum Gasteiger partial charge on any atom is -0.443 e. The van der Waals surface area contributed by atoms with Crippen LogP contribution >= 0.6 is 0 Å². The monoisotopic (exact) mass is 266 g/mol. The molecule has 7 nitrogen and oxygen atoms in total. The second-order valence-electron chi connectivity index (χ2n) is 4.10. The molecule has 0 aromatic rings. The Balaban J connectivity index is 2.40. The fraction of sp³-hybridized carbons (Fsp3) is 0.889. The molecule has 0 bridgehead atoms. The fourth-order valence-electron chi connectivity index (χ4n) is 1.65. The van der Waals surface area contributed by atoms with Crippen molar-refractivity contribution in [2.75, 3.05) is 6.61 Å². The van der Waals surface area contributed by atoms with Gasteiger partial charge in [0.05, 0.1) is 6.61 Å². The minimum atomic E-state index is -3.87. The number of hydrogen-bond donors (Lipinski definition) is 3. The first-order valence-corrected chi connectivity index (χ1v) is 7.03. The van der Waals surface area contributed by atoms with Gasteiger partial charge in [-0.3, -0.25) is 0 Å². The second kappa shape index (κ2) is 6.18. The summed E-state index contributed by atoms with van der Waals surface area (Å²) in [6, 6.07) is -0.115. The zero-order valence-electron chi connectivity index (χ0n) is 9.68. The van der Waals surface area contributed by atoms with Crippen molar-refractivity contribution in [3.05, 3.63) is 0 Å². The predicted octanol–water partition coefficient (Wildman–Crippen LogP) is -0.130. The maximum atomic E-state index is 11.5. The molecule has 0 saturated heterocycles. The Kier molecular flexibility index (Phi) is 5.16. The molecule has 0 aliphatic heterocycles. The molecule has 0 radical (unpaired) electrons. The SMILES string of the molecule is C[C@@H](CO)OC(=O)NS(=O)(=O)NC1CCCC1. The summed E-state index contributed by atoms with van der Waals surface area (Å²) < 4.78 is 31.7. The first-order chi connectivity index (χ1) is 7.93. The molecule has 1 rings (SSSR count). The van der Waals surface area contributed by atoms with Crippen molar-refractivity contribution in [2.45, 2.75) is 44.8 Å². The third-order valence-electron chi connectivity index (χ3n) is 2.46. The average molecular weight is 266 g/mol. The largest absolute Gasteiger partial charge is 0.443 e. The summed E-state index contributed by atoms with van der Waals surface area (Å²) in [6.07, 6.45) is 1.71. The van der Waals surface area contributed by atoms with Gasteiger partial charge in [0.1, 0.15) is 6.10 Å². The van der Waals surface area contributed by atoms with Crippen molar-refractivity contribution in [3.8, 4) is 0 Å². The summed E-state index contributed by atoms with van der Waals surface area (Å²) in [6.45, 7) is 1.10. The van der Waals surface area contributed by atoms with Gasteiger partial charge < -0.3 is 9.84 Å². The molecule has 1 atom stereocenters. The molecule has 1 aliphatic carbocycles. The highest BCUT2D eigenvalue weighted by atomic mass is 32.2. The molecule has 8 heteroatoms. The smallest absolute Gasteiger partial charge is 0.422 e. The Hall–Kier alpha value is -0.860. The van der Waals surface area contributed by atoms with Crippen LogP contribution in [0, 0.1) is 0 Å². The van der Waals surface area contributed by atoms with Gasteiger partial charge in [-0.15, -0.1) is 0 Å². The lowest BCUT2D eigenvalue weighted by Crippen LogP contribution is -2.45. The van der Waals surface area contributed by atoms with Gasteiger partial charge in [-0.2, -0.15) is 13.1 Å². The van der Waals surface area contributed by atoms with Crippen LogP contribution in [-0.4, -0.2) is 38.4 Å². The zero-order chi connectivity index (χ0) is 12.9. The Morgan fingerprint density at radius 3 is 2.59 bits per heavy atom. The normalized spacial score (nSPS) is 18.9. The average Bonchev–Trinajstić information content (AvgIpc) is 2.67. The number of aliphatic hydroxyl groups is 1. The highest BCUT2D eigenvalue weighted by Gasteiger charge is 2.23. The van der Waals surface area contributed by atoms with E-state index in [0.29, 0.717) is 0 Å². The van der Waals surface area contributed by atoms with Gasteiger partial charge in [0.25, 0.3) is 0 Å². The van der Waals surface area contributed by atoms with Crippen molar-refractivity contribution in [1.29, 1.82) is 0 Å². The van der Waals surface area contributed by atoms with Gasteiger partial charge in [0, 0.05) is 6.04 Å². The molecule has 0 spiro atoms. The van der Waals surface area contributed by atoms with E-state index in [1.165, 1.54) is 6.92 Å². The van der Waals surface area contributed by atoms with Crippen molar-refractivity contribution < 1.29 is 23.1 Å². The third-order valence-corrected chi connectivity index (χ3v) is 3.54. The topological polar surface area (TPSA) is 105 Å². The molecular formula is C9H18N2O5S. The molecule has 1 fully saturated rings. The highest BCUT2D eigenvalue weighted by molar-refractivity contribution is 7.88. The molecule has 1 amide bonds. The summed E-state index contributed by atoms with van der Waals surface area (Å²) >= 11 is 0. The molecule has 0 aromatic carbocycles.